The van der Waals surface area contributed by atoms with E-state index in [0.29, 0.717) is 11.1 Å². The number of ketones is 1. The lowest BCUT2D eigenvalue weighted by atomic mass is 9.94. The zero-order valence-corrected chi connectivity index (χ0v) is 16.4. The second-order valence-corrected chi connectivity index (χ2v) is 7.12. The molecule has 0 aliphatic rings. The lowest BCUT2D eigenvalue weighted by molar-refractivity contribution is 0.104. The van der Waals surface area contributed by atoms with Gasteiger partial charge in [-0.15, -0.1) is 0 Å². The predicted molar refractivity (Wildman–Crippen MR) is 123 cm³/mol. The van der Waals surface area contributed by atoms with Crippen LogP contribution in [0.4, 0.5) is 0 Å². The minimum absolute atomic E-state index is 0.127. The first-order valence-electron chi connectivity index (χ1n) is 9.84. The van der Waals surface area contributed by atoms with E-state index in [1.165, 1.54) is 6.08 Å². The van der Waals surface area contributed by atoms with Crippen LogP contribution in [0.3, 0.4) is 0 Å². The van der Waals surface area contributed by atoms with Gasteiger partial charge in [0.05, 0.1) is 16.6 Å². The predicted octanol–water partition coefficient (Wildman–Crippen LogP) is 5.03. The van der Waals surface area contributed by atoms with Gasteiger partial charge in [-0.25, -0.2) is 0 Å². The Hall–Kier alpha value is -4.38. The van der Waals surface area contributed by atoms with Crippen LogP contribution >= 0.6 is 0 Å². The maximum atomic E-state index is 13.2. The summed E-state index contributed by atoms with van der Waals surface area (Å²) in [7, 11) is 0. The summed E-state index contributed by atoms with van der Waals surface area (Å²) in [6, 6.07) is 22.6. The number of hydrogen-bond acceptors (Lipinski definition) is 4. The van der Waals surface area contributed by atoms with Crippen LogP contribution in [0.25, 0.3) is 39.1 Å². The SMILES string of the molecule is O=C(C=Cc1ccc2nccnc2c1)c1c(-c2ccccc2)c2ccccc2[nH]c1=O. The summed E-state index contributed by atoms with van der Waals surface area (Å²) in [6.45, 7) is 0. The van der Waals surface area contributed by atoms with Crippen molar-refractivity contribution >= 4 is 33.8 Å². The molecule has 5 heteroatoms. The molecule has 0 bridgehead atoms. The number of nitrogens with zero attached hydrogens (tertiary/aromatic N) is 2. The average Bonchev–Trinajstić information content (AvgIpc) is 2.82. The minimum atomic E-state index is -0.406. The van der Waals surface area contributed by atoms with Crippen LogP contribution in [0.15, 0.2) is 96.1 Å². The van der Waals surface area contributed by atoms with Gasteiger partial charge in [-0.05, 0) is 35.4 Å². The number of aromatic amines is 1. The summed E-state index contributed by atoms with van der Waals surface area (Å²) in [5.41, 5.74) is 4.20. The van der Waals surface area contributed by atoms with Crippen LogP contribution in [0, 0.1) is 0 Å². The van der Waals surface area contributed by atoms with Gasteiger partial charge in [0.2, 0.25) is 0 Å². The van der Waals surface area contributed by atoms with Crippen molar-refractivity contribution in [1.82, 2.24) is 15.0 Å². The molecule has 0 radical (unpaired) electrons. The number of nitrogens with one attached hydrogen (secondary N) is 1. The Morgan fingerprint density at radius 1 is 0.839 bits per heavy atom. The summed E-state index contributed by atoms with van der Waals surface area (Å²) < 4.78 is 0. The van der Waals surface area contributed by atoms with Gasteiger partial charge in [0.1, 0.15) is 0 Å². The number of carbonyl (C=O) groups is 1. The molecule has 0 aliphatic heterocycles. The Kier molecular flexibility index (Phi) is 4.69. The average molecular weight is 403 g/mol. The number of hydrogen-bond donors (Lipinski definition) is 1. The van der Waals surface area contributed by atoms with E-state index in [-0.39, 0.29) is 11.3 Å². The molecule has 31 heavy (non-hydrogen) atoms. The minimum Gasteiger partial charge on any atom is -0.321 e. The zero-order valence-electron chi connectivity index (χ0n) is 16.4. The van der Waals surface area contributed by atoms with E-state index >= 15 is 0 Å². The highest BCUT2D eigenvalue weighted by atomic mass is 16.1. The molecule has 0 aliphatic carbocycles. The van der Waals surface area contributed by atoms with E-state index < -0.39 is 5.56 Å². The van der Waals surface area contributed by atoms with Gasteiger partial charge in [0.25, 0.3) is 5.56 Å². The Bertz CT molecular complexity index is 1520. The fourth-order valence-corrected chi connectivity index (χ4v) is 3.72. The van der Waals surface area contributed by atoms with Crippen molar-refractivity contribution in [2.24, 2.45) is 0 Å². The normalized spacial score (nSPS) is 11.4. The molecule has 0 atom stereocenters. The summed E-state index contributed by atoms with van der Waals surface area (Å²) in [6.07, 6.45) is 6.39. The number of aromatic nitrogens is 3. The van der Waals surface area contributed by atoms with Gasteiger partial charge in [-0.3, -0.25) is 19.6 Å². The number of fused-ring (bicyclic) bond motifs is 2. The van der Waals surface area contributed by atoms with Crippen molar-refractivity contribution in [2.75, 3.05) is 0 Å². The number of benzene rings is 3. The topological polar surface area (TPSA) is 75.7 Å². The molecule has 3 aromatic carbocycles. The van der Waals surface area contributed by atoms with Crippen molar-refractivity contribution in [1.29, 1.82) is 0 Å². The molecule has 0 saturated heterocycles. The molecule has 148 valence electrons. The van der Waals surface area contributed by atoms with Crippen molar-refractivity contribution in [3.05, 3.63) is 113 Å². The molecule has 1 N–H and O–H groups in total. The van der Waals surface area contributed by atoms with Crippen molar-refractivity contribution < 1.29 is 4.79 Å². The smallest absolute Gasteiger partial charge is 0.260 e. The Morgan fingerprint density at radius 2 is 1.58 bits per heavy atom. The van der Waals surface area contributed by atoms with Gasteiger partial charge in [0.15, 0.2) is 5.78 Å². The Labute approximate surface area is 177 Å². The van der Waals surface area contributed by atoms with E-state index in [4.69, 9.17) is 0 Å². The molecular formula is C26H17N3O2. The van der Waals surface area contributed by atoms with Gasteiger partial charge < -0.3 is 4.98 Å². The second-order valence-electron chi connectivity index (χ2n) is 7.12. The summed E-state index contributed by atoms with van der Waals surface area (Å²) in [4.78, 5) is 37.5. The molecule has 0 fully saturated rings. The number of carbonyl (C=O) groups excluding carboxylic acids is 1. The highest BCUT2D eigenvalue weighted by Crippen LogP contribution is 2.29. The highest BCUT2D eigenvalue weighted by molar-refractivity contribution is 6.15. The Morgan fingerprint density at radius 3 is 2.42 bits per heavy atom. The summed E-state index contributed by atoms with van der Waals surface area (Å²) in [5, 5.41) is 0.825. The second kappa shape index (κ2) is 7.80. The first kappa shape index (κ1) is 18.6. The number of allylic oxidation sites excluding steroid dienone is 1. The third kappa shape index (κ3) is 3.53. The van der Waals surface area contributed by atoms with Gasteiger partial charge >= 0.3 is 0 Å². The van der Waals surface area contributed by atoms with Gasteiger partial charge in [0, 0.05) is 28.9 Å². The van der Waals surface area contributed by atoms with E-state index in [0.717, 1.165) is 27.5 Å². The monoisotopic (exact) mass is 403 g/mol. The standard InChI is InChI=1S/C26H17N3O2/c30-23(13-11-17-10-12-21-22(16-17)28-15-14-27-21)25-24(18-6-2-1-3-7-18)19-8-4-5-9-20(19)29-26(25)31/h1-16H,(H,29,31). The number of rotatable bonds is 4. The molecule has 5 aromatic rings. The van der Waals surface area contributed by atoms with E-state index in [9.17, 15) is 9.59 Å². The van der Waals surface area contributed by atoms with E-state index in [1.807, 2.05) is 72.8 Å². The fourth-order valence-electron chi connectivity index (χ4n) is 3.72. The molecule has 0 saturated carbocycles. The zero-order chi connectivity index (χ0) is 21.2. The van der Waals surface area contributed by atoms with Crippen LogP contribution in [0.1, 0.15) is 15.9 Å². The number of para-hydroxylation sites is 1. The maximum absolute atomic E-state index is 13.2. The van der Waals surface area contributed by atoms with Crippen molar-refractivity contribution in [3.8, 4) is 11.1 Å². The quantitative estimate of drug-likeness (QED) is 0.337. The molecule has 5 nitrogen and oxygen atoms in total. The molecular weight excluding hydrogens is 386 g/mol. The molecule has 2 heterocycles. The van der Waals surface area contributed by atoms with E-state index in [2.05, 4.69) is 15.0 Å². The summed E-state index contributed by atoms with van der Waals surface area (Å²) >= 11 is 0. The van der Waals surface area contributed by atoms with E-state index in [1.54, 1.807) is 18.5 Å². The first-order chi connectivity index (χ1) is 15.2. The summed E-state index contributed by atoms with van der Waals surface area (Å²) in [5.74, 6) is -0.356. The lowest BCUT2D eigenvalue weighted by Crippen LogP contribution is -2.18. The number of pyridine rings is 1. The lowest BCUT2D eigenvalue weighted by Gasteiger charge is -2.11. The van der Waals surface area contributed by atoms with Crippen LogP contribution in [-0.2, 0) is 0 Å². The molecule has 0 spiro atoms. The molecule has 2 aromatic heterocycles. The highest BCUT2D eigenvalue weighted by Gasteiger charge is 2.18. The maximum Gasteiger partial charge on any atom is 0.260 e. The van der Waals surface area contributed by atoms with Crippen LogP contribution in [0.5, 0.6) is 0 Å². The first-order valence-corrected chi connectivity index (χ1v) is 9.84. The van der Waals surface area contributed by atoms with Gasteiger partial charge in [-0.2, -0.15) is 0 Å². The largest absolute Gasteiger partial charge is 0.321 e. The number of H-pyrrole nitrogens is 1. The van der Waals surface area contributed by atoms with Crippen molar-refractivity contribution in [3.63, 3.8) is 0 Å². The van der Waals surface area contributed by atoms with Gasteiger partial charge in [-0.1, -0.05) is 60.7 Å². The van der Waals surface area contributed by atoms with Crippen molar-refractivity contribution in [2.45, 2.75) is 0 Å². The Balaban J connectivity index is 1.63. The van der Waals surface area contributed by atoms with Crippen LogP contribution in [-0.4, -0.2) is 20.7 Å². The van der Waals surface area contributed by atoms with Crippen LogP contribution in [0.2, 0.25) is 0 Å². The molecule has 5 rings (SSSR count). The molecule has 0 amide bonds. The van der Waals surface area contributed by atoms with Crippen LogP contribution < -0.4 is 5.56 Å². The fraction of sp³-hybridized carbons (Fsp3) is 0. The third-order valence-corrected chi connectivity index (χ3v) is 5.15. The molecule has 0 unspecified atom stereocenters. The third-order valence-electron chi connectivity index (χ3n) is 5.15.